The van der Waals surface area contributed by atoms with Crippen molar-refractivity contribution in [1.29, 1.82) is 0 Å². The molecule has 3 N–H and O–H groups in total. The van der Waals surface area contributed by atoms with Crippen molar-refractivity contribution in [2.45, 2.75) is 39.5 Å². The number of methoxy groups -OCH3 is 1. The molecule has 0 atom stereocenters. The third kappa shape index (κ3) is 3.28. The minimum Gasteiger partial charge on any atom is -0.507 e. The van der Waals surface area contributed by atoms with Crippen LogP contribution < -0.4 is 10.2 Å². The minimum atomic E-state index is -0.791. The van der Waals surface area contributed by atoms with Crippen LogP contribution in [-0.2, 0) is 11.8 Å². The summed E-state index contributed by atoms with van der Waals surface area (Å²) in [4.78, 5) is 13.3. The molecule has 3 rings (SSSR count). The number of aromatic hydroxyl groups is 3. The molecular formula is C24H26O6. The van der Waals surface area contributed by atoms with Gasteiger partial charge in [-0.25, -0.2) is 0 Å². The first-order chi connectivity index (χ1) is 14.0. The second kappa shape index (κ2) is 7.44. The number of allylic oxidation sites excluding steroid dienone is 3. The quantitative estimate of drug-likeness (QED) is 0.402. The summed E-state index contributed by atoms with van der Waals surface area (Å²) in [5.41, 5.74) is 0.452. The van der Waals surface area contributed by atoms with Gasteiger partial charge in [-0.05, 0) is 26.3 Å². The highest BCUT2D eigenvalue weighted by Gasteiger charge is 2.29. The third-order valence-electron chi connectivity index (χ3n) is 5.30. The normalized spacial score (nSPS) is 11.6. The van der Waals surface area contributed by atoms with Gasteiger partial charge >= 0.3 is 0 Å². The second-order valence-electron chi connectivity index (χ2n) is 8.13. The van der Waals surface area contributed by atoms with Gasteiger partial charge in [0, 0.05) is 22.6 Å². The highest BCUT2D eigenvalue weighted by atomic mass is 16.5. The molecule has 0 aliphatic heterocycles. The maximum Gasteiger partial charge on any atom is 0.204 e. The zero-order chi connectivity index (χ0) is 22.4. The summed E-state index contributed by atoms with van der Waals surface area (Å²) in [7, 11) is 1.42. The first-order valence-corrected chi connectivity index (χ1v) is 9.55. The van der Waals surface area contributed by atoms with Crippen LogP contribution in [0, 0.1) is 0 Å². The van der Waals surface area contributed by atoms with Crippen LogP contribution in [0.25, 0.3) is 21.9 Å². The van der Waals surface area contributed by atoms with Crippen molar-refractivity contribution in [3.05, 3.63) is 57.8 Å². The second-order valence-corrected chi connectivity index (χ2v) is 8.13. The molecular weight excluding hydrogens is 384 g/mol. The van der Waals surface area contributed by atoms with Gasteiger partial charge < -0.3 is 24.5 Å². The van der Waals surface area contributed by atoms with E-state index in [9.17, 15) is 20.1 Å². The molecule has 3 aromatic rings. The van der Waals surface area contributed by atoms with Crippen molar-refractivity contribution in [2.24, 2.45) is 0 Å². The highest BCUT2D eigenvalue weighted by Crippen LogP contribution is 2.45. The van der Waals surface area contributed by atoms with Crippen LogP contribution >= 0.6 is 0 Å². The molecule has 0 fully saturated rings. The molecule has 2 aromatic carbocycles. The predicted octanol–water partition coefficient (Wildman–Crippen LogP) is 5.04. The Morgan fingerprint density at radius 3 is 2.43 bits per heavy atom. The van der Waals surface area contributed by atoms with Crippen molar-refractivity contribution in [3.8, 4) is 23.0 Å². The largest absolute Gasteiger partial charge is 0.507 e. The van der Waals surface area contributed by atoms with Crippen molar-refractivity contribution < 1.29 is 24.5 Å². The monoisotopic (exact) mass is 410 g/mol. The topological polar surface area (TPSA) is 100 Å². The third-order valence-corrected chi connectivity index (χ3v) is 5.30. The van der Waals surface area contributed by atoms with E-state index in [1.54, 1.807) is 26.0 Å². The summed E-state index contributed by atoms with van der Waals surface area (Å²) in [6.07, 6.45) is 3.97. The van der Waals surface area contributed by atoms with E-state index in [4.69, 9.17) is 9.15 Å². The molecule has 0 radical (unpaired) electrons. The molecule has 0 amide bonds. The van der Waals surface area contributed by atoms with Gasteiger partial charge in [0.2, 0.25) is 11.2 Å². The molecule has 0 saturated heterocycles. The van der Waals surface area contributed by atoms with E-state index >= 15 is 0 Å². The first-order valence-electron chi connectivity index (χ1n) is 9.55. The zero-order valence-corrected chi connectivity index (χ0v) is 17.8. The molecule has 0 spiro atoms. The van der Waals surface area contributed by atoms with Crippen LogP contribution in [-0.4, -0.2) is 22.4 Å². The number of ether oxygens (including phenoxy) is 1. The van der Waals surface area contributed by atoms with Crippen molar-refractivity contribution >= 4 is 21.9 Å². The van der Waals surface area contributed by atoms with E-state index in [1.807, 2.05) is 19.9 Å². The maximum absolute atomic E-state index is 13.3. The average molecular weight is 410 g/mol. The van der Waals surface area contributed by atoms with E-state index in [0.29, 0.717) is 12.0 Å². The summed E-state index contributed by atoms with van der Waals surface area (Å²) >= 11 is 0. The standard InChI is InChI=1S/C24H26O6/c1-7-24(4,5)18-15(25)11-16-17(20(18)27)19(26)14-10-13(9-8-12(2)3)22(29-6)21(28)23(14)30-16/h7-8,10-11,25,27-28H,1,9H2,2-6H3. The SMILES string of the molecule is C=CC(C)(C)c1c(O)cc2oc3c(O)c(OC)c(CC=C(C)C)cc3c(=O)c2c1O. The Hall–Kier alpha value is -3.41. The summed E-state index contributed by atoms with van der Waals surface area (Å²) in [5.74, 6) is -0.702. The molecule has 158 valence electrons. The van der Waals surface area contributed by atoms with E-state index in [0.717, 1.165) is 5.57 Å². The van der Waals surface area contributed by atoms with Gasteiger partial charge in [-0.3, -0.25) is 4.79 Å². The summed E-state index contributed by atoms with van der Waals surface area (Å²) in [6, 6.07) is 2.86. The van der Waals surface area contributed by atoms with Crippen LogP contribution in [0.1, 0.15) is 38.8 Å². The van der Waals surface area contributed by atoms with Crippen LogP contribution in [0.15, 0.2) is 45.6 Å². The average Bonchev–Trinajstić information content (AvgIpc) is 2.66. The molecule has 1 aromatic heterocycles. The Kier molecular flexibility index (Phi) is 5.29. The minimum absolute atomic E-state index is 0.0412. The summed E-state index contributed by atoms with van der Waals surface area (Å²) in [5, 5.41) is 32.1. The number of hydrogen-bond acceptors (Lipinski definition) is 6. The molecule has 0 unspecified atom stereocenters. The smallest absolute Gasteiger partial charge is 0.204 e. The maximum atomic E-state index is 13.3. The number of hydrogen-bond donors (Lipinski definition) is 3. The van der Waals surface area contributed by atoms with Gasteiger partial charge in [-0.15, -0.1) is 6.58 Å². The molecule has 0 aliphatic carbocycles. The van der Waals surface area contributed by atoms with Gasteiger partial charge in [-0.2, -0.15) is 0 Å². The molecule has 1 heterocycles. The Morgan fingerprint density at radius 1 is 1.20 bits per heavy atom. The molecule has 0 aliphatic rings. The van der Waals surface area contributed by atoms with Crippen LogP contribution in [0.2, 0.25) is 0 Å². The lowest BCUT2D eigenvalue weighted by atomic mass is 9.82. The zero-order valence-electron chi connectivity index (χ0n) is 17.8. The summed E-state index contributed by atoms with van der Waals surface area (Å²) < 4.78 is 11.1. The fourth-order valence-corrected chi connectivity index (χ4v) is 3.57. The Balaban J connectivity index is 2.48. The van der Waals surface area contributed by atoms with Crippen molar-refractivity contribution in [3.63, 3.8) is 0 Å². The number of benzene rings is 2. The lowest BCUT2D eigenvalue weighted by molar-refractivity contribution is 0.369. The van der Waals surface area contributed by atoms with Crippen molar-refractivity contribution in [1.82, 2.24) is 0 Å². The molecule has 6 heteroatoms. The van der Waals surface area contributed by atoms with Gasteiger partial charge in [0.25, 0.3) is 0 Å². The lowest BCUT2D eigenvalue weighted by Crippen LogP contribution is -2.15. The van der Waals surface area contributed by atoms with E-state index in [1.165, 1.54) is 13.2 Å². The molecule has 0 saturated carbocycles. The van der Waals surface area contributed by atoms with E-state index in [-0.39, 0.29) is 50.5 Å². The highest BCUT2D eigenvalue weighted by molar-refractivity contribution is 5.98. The van der Waals surface area contributed by atoms with Crippen LogP contribution in [0.5, 0.6) is 23.0 Å². The first kappa shape index (κ1) is 21.3. The lowest BCUT2D eigenvalue weighted by Gasteiger charge is -2.23. The van der Waals surface area contributed by atoms with E-state index in [2.05, 4.69) is 6.58 Å². The number of phenolic OH excluding ortho intramolecular Hbond substituents is 3. The molecule has 0 bridgehead atoms. The Bertz CT molecular complexity index is 1260. The number of phenols is 3. The van der Waals surface area contributed by atoms with Gasteiger partial charge in [0.15, 0.2) is 11.3 Å². The van der Waals surface area contributed by atoms with Gasteiger partial charge in [0.05, 0.1) is 12.5 Å². The number of rotatable bonds is 5. The molecule has 6 nitrogen and oxygen atoms in total. The fraction of sp³-hybridized carbons (Fsp3) is 0.292. The van der Waals surface area contributed by atoms with Crippen LogP contribution in [0.3, 0.4) is 0 Å². The van der Waals surface area contributed by atoms with Gasteiger partial charge in [0.1, 0.15) is 22.5 Å². The summed E-state index contributed by atoms with van der Waals surface area (Å²) in [6.45, 7) is 11.2. The van der Waals surface area contributed by atoms with Gasteiger partial charge in [-0.1, -0.05) is 31.6 Å². The predicted molar refractivity (Wildman–Crippen MR) is 118 cm³/mol. The Labute approximate surface area is 174 Å². The fourth-order valence-electron chi connectivity index (χ4n) is 3.57. The van der Waals surface area contributed by atoms with Crippen LogP contribution in [0.4, 0.5) is 0 Å². The van der Waals surface area contributed by atoms with E-state index < -0.39 is 10.8 Å². The Morgan fingerprint density at radius 2 is 1.87 bits per heavy atom. The number of fused-ring (bicyclic) bond motifs is 2. The van der Waals surface area contributed by atoms with Crippen molar-refractivity contribution in [2.75, 3.05) is 7.11 Å². The molecule has 30 heavy (non-hydrogen) atoms.